The summed E-state index contributed by atoms with van der Waals surface area (Å²) < 4.78 is 35.9. The Labute approximate surface area is 184 Å². The minimum absolute atomic E-state index is 0.352. The zero-order valence-electron chi connectivity index (χ0n) is 19.6. The van der Waals surface area contributed by atoms with Gasteiger partial charge < -0.3 is 14.0 Å². The van der Waals surface area contributed by atoms with Crippen molar-refractivity contribution in [3.05, 3.63) is 18.2 Å². The van der Waals surface area contributed by atoms with Gasteiger partial charge in [0.2, 0.25) is 5.75 Å². The number of benzene rings is 1. The number of ether oxygens (including phenoxy) is 2. The summed E-state index contributed by atoms with van der Waals surface area (Å²) >= 11 is 0. The first-order chi connectivity index (χ1) is 14.6. The highest BCUT2D eigenvalue weighted by Gasteiger charge is 2.28. The van der Waals surface area contributed by atoms with Gasteiger partial charge in [0.25, 0.3) is 0 Å². The number of para-hydroxylation sites is 1. The lowest BCUT2D eigenvalue weighted by Gasteiger charge is -2.22. The van der Waals surface area contributed by atoms with Crippen LogP contribution in [0.1, 0.15) is 90.9 Å². The zero-order chi connectivity index (χ0) is 22.1. The van der Waals surface area contributed by atoms with Crippen molar-refractivity contribution in [3.8, 4) is 17.2 Å². The van der Waals surface area contributed by atoms with Crippen LogP contribution in [0.15, 0.2) is 18.2 Å². The Bertz CT molecular complexity index is 583. The fraction of sp³-hybridized carbons (Fsp3) is 0.750. The molecule has 0 saturated heterocycles. The van der Waals surface area contributed by atoms with E-state index in [9.17, 15) is 4.57 Å². The average molecular weight is 443 g/mol. The molecule has 1 rings (SSSR count). The van der Waals surface area contributed by atoms with Crippen LogP contribution < -0.4 is 14.0 Å². The highest BCUT2D eigenvalue weighted by Crippen LogP contribution is 2.53. The summed E-state index contributed by atoms with van der Waals surface area (Å²) in [6.45, 7) is 4.77. The van der Waals surface area contributed by atoms with Crippen LogP contribution in [0.4, 0.5) is 0 Å². The Morgan fingerprint density at radius 2 is 1.23 bits per heavy atom. The number of unbranched alkanes of at least 4 members (excludes halogenated alkanes) is 10. The molecule has 0 radical (unpaired) electrons. The highest BCUT2D eigenvalue weighted by molar-refractivity contribution is 7.54. The van der Waals surface area contributed by atoms with Crippen molar-refractivity contribution >= 4 is 7.60 Å². The summed E-state index contributed by atoms with van der Waals surface area (Å²) in [4.78, 5) is 0. The van der Waals surface area contributed by atoms with Crippen molar-refractivity contribution < 1.29 is 23.1 Å². The summed E-state index contributed by atoms with van der Waals surface area (Å²) in [5, 5.41) is 0. The largest absolute Gasteiger partial charge is 0.493 e. The van der Waals surface area contributed by atoms with Gasteiger partial charge in [0, 0.05) is 0 Å². The average Bonchev–Trinajstić information content (AvgIpc) is 2.76. The molecule has 1 aromatic carbocycles. The molecule has 174 valence electrons. The first-order valence-corrected chi connectivity index (χ1v) is 13.5. The molecule has 1 aromatic rings. The van der Waals surface area contributed by atoms with Gasteiger partial charge in [0.15, 0.2) is 11.5 Å². The van der Waals surface area contributed by atoms with E-state index >= 15 is 0 Å². The van der Waals surface area contributed by atoms with E-state index in [0.29, 0.717) is 30.0 Å². The van der Waals surface area contributed by atoms with Crippen LogP contribution in [-0.2, 0) is 9.09 Å². The molecule has 0 aliphatic rings. The normalized spacial score (nSPS) is 13.1. The summed E-state index contributed by atoms with van der Waals surface area (Å²) in [6, 6.07) is 5.35. The van der Waals surface area contributed by atoms with E-state index in [0.717, 1.165) is 25.7 Å². The standard InChI is InChI=1S/C24H43O5P/c1-5-7-9-10-11-12-13-14-15-16-20-28-30(25,21-8-6-2)29-24-22(26-3)18-17-19-23(24)27-4/h17-19H,5-16,20-21H2,1-4H3. The van der Waals surface area contributed by atoms with E-state index in [1.54, 1.807) is 26.4 Å². The quantitative estimate of drug-likeness (QED) is 0.160. The highest BCUT2D eigenvalue weighted by atomic mass is 31.2. The Morgan fingerprint density at radius 3 is 1.73 bits per heavy atom. The van der Waals surface area contributed by atoms with Crippen LogP contribution in [0.2, 0.25) is 0 Å². The fourth-order valence-electron chi connectivity index (χ4n) is 3.33. The molecular weight excluding hydrogens is 399 g/mol. The second-order valence-electron chi connectivity index (χ2n) is 7.79. The third-order valence-electron chi connectivity index (χ3n) is 5.18. The molecule has 1 unspecified atom stereocenters. The van der Waals surface area contributed by atoms with E-state index in [1.165, 1.54) is 51.4 Å². The monoisotopic (exact) mass is 442 g/mol. The summed E-state index contributed by atoms with van der Waals surface area (Å²) in [5.74, 6) is 1.34. The van der Waals surface area contributed by atoms with Crippen molar-refractivity contribution in [3.63, 3.8) is 0 Å². The number of hydrogen-bond acceptors (Lipinski definition) is 5. The molecule has 1 atom stereocenters. The zero-order valence-corrected chi connectivity index (χ0v) is 20.5. The third kappa shape index (κ3) is 10.7. The third-order valence-corrected chi connectivity index (χ3v) is 7.09. The molecule has 30 heavy (non-hydrogen) atoms. The second-order valence-corrected chi connectivity index (χ2v) is 9.90. The van der Waals surface area contributed by atoms with Crippen molar-refractivity contribution in [2.75, 3.05) is 27.0 Å². The molecule has 0 aliphatic heterocycles. The molecule has 0 spiro atoms. The van der Waals surface area contributed by atoms with Gasteiger partial charge in [0.05, 0.1) is 27.0 Å². The SMILES string of the molecule is CCCCCCCCCCCCOP(=O)(CCCC)Oc1c(OC)cccc1OC. The maximum absolute atomic E-state index is 13.4. The van der Waals surface area contributed by atoms with Crippen LogP contribution in [0.5, 0.6) is 17.2 Å². The number of methoxy groups -OCH3 is 2. The summed E-state index contributed by atoms with van der Waals surface area (Å²) in [7, 11) is -0.158. The van der Waals surface area contributed by atoms with Gasteiger partial charge in [-0.15, -0.1) is 0 Å². The maximum atomic E-state index is 13.4. The minimum Gasteiger partial charge on any atom is -0.493 e. The predicted octanol–water partition coefficient (Wildman–Crippen LogP) is 8.01. The van der Waals surface area contributed by atoms with Crippen molar-refractivity contribution in [1.82, 2.24) is 0 Å². The Balaban J connectivity index is 2.46. The van der Waals surface area contributed by atoms with Gasteiger partial charge in [-0.25, -0.2) is 4.57 Å². The minimum atomic E-state index is -3.28. The maximum Gasteiger partial charge on any atom is 0.379 e. The van der Waals surface area contributed by atoms with Crippen LogP contribution in [-0.4, -0.2) is 27.0 Å². The molecule has 0 aliphatic carbocycles. The lowest BCUT2D eigenvalue weighted by atomic mass is 10.1. The van der Waals surface area contributed by atoms with Gasteiger partial charge in [0.1, 0.15) is 0 Å². The van der Waals surface area contributed by atoms with Gasteiger partial charge >= 0.3 is 7.60 Å². The van der Waals surface area contributed by atoms with E-state index in [4.69, 9.17) is 18.5 Å². The van der Waals surface area contributed by atoms with Gasteiger partial charge in [-0.2, -0.15) is 0 Å². The van der Waals surface area contributed by atoms with Gasteiger partial charge in [-0.3, -0.25) is 4.52 Å². The van der Waals surface area contributed by atoms with Crippen LogP contribution in [0.25, 0.3) is 0 Å². The molecule has 0 N–H and O–H groups in total. The van der Waals surface area contributed by atoms with Gasteiger partial charge in [-0.05, 0) is 25.0 Å². The smallest absolute Gasteiger partial charge is 0.379 e. The topological polar surface area (TPSA) is 54.0 Å². The first-order valence-electron chi connectivity index (χ1n) is 11.7. The Kier molecular flexibility index (Phi) is 14.8. The molecular formula is C24H43O5P. The molecule has 0 heterocycles. The Morgan fingerprint density at radius 1 is 0.733 bits per heavy atom. The second kappa shape index (κ2) is 16.5. The van der Waals surface area contributed by atoms with Crippen LogP contribution >= 0.6 is 7.60 Å². The summed E-state index contributed by atoms with van der Waals surface area (Å²) in [6.07, 6.45) is 14.6. The van der Waals surface area contributed by atoms with Crippen molar-refractivity contribution in [2.45, 2.75) is 90.9 Å². The van der Waals surface area contributed by atoms with E-state index < -0.39 is 7.60 Å². The molecule has 0 fully saturated rings. The lowest BCUT2D eigenvalue weighted by Crippen LogP contribution is -2.06. The van der Waals surface area contributed by atoms with Crippen molar-refractivity contribution in [1.29, 1.82) is 0 Å². The molecule has 0 bridgehead atoms. The molecule has 5 nitrogen and oxygen atoms in total. The van der Waals surface area contributed by atoms with Crippen LogP contribution in [0.3, 0.4) is 0 Å². The molecule has 0 amide bonds. The fourth-order valence-corrected chi connectivity index (χ4v) is 5.17. The predicted molar refractivity (Wildman–Crippen MR) is 125 cm³/mol. The van der Waals surface area contributed by atoms with Crippen LogP contribution in [0, 0.1) is 0 Å². The Hall–Kier alpha value is -1.19. The van der Waals surface area contributed by atoms with Gasteiger partial charge in [-0.1, -0.05) is 84.1 Å². The molecule has 0 saturated carbocycles. The molecule has 0 aromatic heterocycles. The van der Waals surface area contributed by atoms with E-state index in [-0.39, 0.29) is 0 Å². The summed E-state index contributed by atoms with van der Waals surface area (Å²) in [5.41, 5.74) is 0. The lowest BCUT2D eigenvalue weighted by molar-refractivity contribution is 0.250. The molecule has 6 heteroatoms. The van der Waals surface area contributed by atoms with E-state index in [1.807, 2.05) is 6.07 Å². The number of rotatable bonds is 19. The van der Waals surface area contributed by atoms with Crippen molar-refractivity contribution in [2.24, 2.45) is 0 Å². The number of hydrogen-bond donors (Lipinski definition) is 0. The first kappa shape index (κ1) is 26.8. The van der Waals surface area contributed by atoms with E-state index in [2.05, 4.69) is 13.8 Å².